The standard InChI is InChI=1S/C22H27N3O4/c1-3-24(4-2)21(27)16-7-9-19(10-8-16)23-20(26)17-6-5-12-25(14-17)22(28)18-11-13-29-15-18/h7-11,13,15,17H,3-6,12,14H2,1-2H3,(H,23,26). The van der Waals surface area contributed by atoms with E-state index in [-0.39, 0.29) is 23.6 Å². The van der Waals surface area contributed by atoms with Gasteiger partial charge in [0.15, 0.2) is 0 Å². The van der Waals surface area contributed by atoms with E-state index in [9.17, 15) is 14.4 Å². The minimum absolute atomic E-state index is 0.0199. The lowest BCUT2D eigenvalue weighted by atomic mass is 9.96. The van der Waals surface area contributed by atoms with Gasteiger partial charge in [-0.05, 0) is 57.0 Å². The van der Waals surface area contributed by atoms with Crippen LogP contribution < -0.4 is 5.32 Å². The Morgan fingerprint density at radius 3 is 2.45 bits per heavy atom. The molecule has 1 fully saturated rings. The molecule has 1 aromatic carbocycles. The molecule has 0 saturated carbocycles. The molecule has 3 rings (SSSR count). The summed E-state index contributed by atoms with van der Waals surface area (Å²) in [6.07, 6.45) is 4.40. The third-order valence-corrected chi connectivity index (χ3v) is 5.30. The molecule has 7 heteroatoms. The number of nitrogens with zero attached hydrogens (tertiary/aromatic N) is 2. The number of hydrogen-bond donors (Lipinski definition) is 1. The fraction of sp³-hybridized carbons (Fsp3) is 0.409. The molecule has 1 atom stereocenters. The van der Waals surface area contributed by atoms with Gasteiger partial charge < -0.3 is 19.5 Å². The first-order chi connectivity index (χ1) is 14.0. The molecule has 1 saturated heterocycles. The number of nitrogens with one attached hydrogen (secondary N) is 1. The summed E-state index contributed by atoms with van der Waals surface area (Å²) in [5, 5.41) is 2.91. The first kappa shape index (κ1) is 20.6. The van der Waals surface area contributed by atoms with Crippen molar-refractivity contribution in [2.45, 2.75) is 26.7 Å². The SMILES string of the molecule is CCN(CC)C(=O)c1ccc(NC(=O)C2CCCN(C(=O)c3ccoc3)C2)cc1. The van der Waals surface area contributed by atoms with Crippen molar-refractivity contribution >= 4 is 23.4 Å². The lowest BCUT2D eigenvalue weighted by Gasteiger charge is -2.31. The Bertz CT molecular complexity index is 841. The minimum Gasteiger partial charge on any atom is -0.472 e. The average molecular weight is 397 g/mol. The molecule has 1 N–H and O–H groups in total. The summed E-state index contributed by atoms with van der Waals surface area (Å²) in [5.41, 5.74) is 1.74. The van der Waals surface area contributed by atoms with E-state index in [1.165, 1.54) is 12.5 Å². The number of piperidine rings is 1. The Hall–Kier alpha value is -3.09. The summed E-state index contributed by atoms with van der Waals surface area (Å²) in [6, 6.07) is 8.57. The second-order valence-electron chi connectivity index (χ2n) is 7.15. The van der Waals surface area contributed by atoms with Crippen molar-refractivity contribution in [3.8, 4) is 0 Å². The average Bonchev–Trinajstić information content (AvgIpc) is 3.29. The van der Waals surface area contributed by atoms with Crippen molar-refractivity contribution in [3.63, 3.8) is 0 Å². The molecule has 0 bridgehead atoms. The number of carbonyl (C=O) groups excluding carboxylic acids is 3. The third-order valence-electron chi connectivity index (χ3n) is 5.30. The van der Waals surface area contributed by atoms with Crippen LogP contribution in [0.5, 0.6) is 0 Å². The third kappa shape index (κ3) is 4.85. The lowest BCUT2D eigenvalue weighted by Crippen LogP contribution is -2.43. The summed E-state index contributed by atoms with van der Waals surface area (Å²) in [6.45, 7) is 6.22. The molecule has 154 valence electrons. The summed E-state index contributed by atoms with van der Waals surface area (Å²) < 4.78 is 4.98. The molecule has 1 aliphatic rings. The number of amides is 3. The van der Waals surface area contributed by atoms with Crippen LogP contribution in [0.15, 0.2) is 47.3 Å². The van der Waals surface area contributed by atoms with Crippen LogP contribution in [-0.2, 0) is 4.79 Å². The van der Waals surface area contributed by atoms with E-state index in [2.05, 4.69) is 5.32 Å². The zero-order valence-corrected chi connectivity index (χ0v) is 16.9. The highest BCUT2D eigenvalue weighted by atomic mass is 16.3. The zero-order chi connectivity index (χ0) is 20.8. The summed E-state index contributed by atoms with van der Waals surface area (Å²) in [4.78, 5) is 41.0. The van der Waals surface area contributed by atoms with Crippen molar-refractivity contribution in [2.24, 2.45) is 5.92 Å². The van der Waals surface area contributed by atoms with E-state index in [0.717, 1.165) is 12.8 Å². The fourth-order valence-electron chi connectivity index (χ4n) is 3.58. The smallest absolute Gasteiger partial charge is 0.257 e. The van der Waals surface area contributed by atoms with E-state index in [1.807, 2.05) is 13.8 Å². The minimum atomic E-state index is -0.267. The van der Waals surface area contributed by atoms with Crippen molar-refractivity contribution in [3.05, 3.63) is 54.0 Å². The van der Waals surface area contributed by atoms with Crippen molar-refractivity contribution in [2.75, 3.05) is 31.5 Å². The van der Waals surface area contributed by atoms with Crippen molar-refractivity contribution in [1.29, 1.82) is 0 Å². The second-order valence-corrected chi connectivity index (χ2v) is 7.15. The number of carbonyl (C=O) groups is 3. The Morgan fingerprint density at radius 1 is 1.10 bits per heavy atom. The number of rotatable bonds is 6. The summed E-state index contributed by atoms with van der Waals surface area (Å²) in [7, 11) is 0. The molecule has 0 aliphatic carbocycles. The maximum absolute atomic E-state index is 12.7. The largest absolute Gasteiger partial charge is 0.472 e. The molecule has 2 heterocycles. The molecule has 1 aromatic heterocycles. The van der Waals surface area contributed by atoms with Gasteiger partial charge in [0.25, 0.3) is 11.8 Å². The summed E-state index contributed by atoms with van der Waals surface area (Å²) >= 11 is 0. The van der Waals surface area contributed by atoms with E-state index in [1.54, 1.807) is 40.1 Å². The maximum atomic E-state index is 12.7. The Kier molecular flexibility index (Phi) is 6.69. The molecular weight excluding hydrogens is 370 g/mol. The van der Waals surface area contributed by atoms with Crippen LogP contribution in [0.1, 0.15) is 47.4 Å². The Labute approximate surface area is 170 Å². The van der Waals surface area contributed by atoms with Gasteiger partial charge in [0.05, 0.1) is 17.7 Å². The Morgan fingerprint density at radius 2 is 1.83 bits per heavy atom. The molecule has 0 radical (unpaired) electrons. The van der Waals surface area contributed by atoms with Gasteiger partial charge in [0, 0.05) is 37.4 Å². The van der Waals surface area contributed by atoms with Crippen LogP contribution >= 0.6 is 0 Å². The second kappa shape index (κ2) is 9.41. The van der Waals surface area contributed by atoms with Gasteiger partial charge in [-0.15, -0.1) is 0 Å². The monoisotopic (exact) mass is 397 g/mol. The number of anilines is 1. The van der Waals surface area contributed by atoms with Crippen molar-refractivity contribution < 1.29 is 18.8 Å². The van der Waals surface area contributed by atoms with Crippen LogP contribution in [-0.4, -0.2) is 53.7 Å². The highest BCUT2D eigenvalue weighted by molar-refractivity contribution is 5.97. The first-order valence-electron chi connectivity index (χ1n) is 10.0. The van der Waals surface area contributed by atoms with Crippen molar-refractivity contribution in [1.82, 2.24) is 9.80 Å². The van der Waals surface area contributed by atoms with Gasteiger partial charge in [0.2, 0.25) is 5.91 Å². The molecular formula is C22H27N3O4. The maximum Gasteiger partial charge on any atom is 0.257 e. The lowest BCUT2D eigenvalue weighted by molar-refractivity contribution is -0.121. The number of likely N-dealkylation sites (tertiary alicyclic amines) is 1. The highest BCUT2D eigenvalue weighted by Crippen LogP contribution is 2.21. The quantitative estimate of drug-likeness (QED) is 0.811. The van der Waals surface area contributed by atoms with Crippen LogP contribution in [0.25, 0.3) is 0 Å². The van der Waals surface area contributed by atoms with Crippen LogP contribution in [0.3, 0.4) is 0 Å². The molecule has 0 spiro atoms. The van der Waals surface area contributed by atoms with E-state index in [4.69, 9.17) is 4.42 Å². The van der Waals surface area contributed by atoms with Gasteiger partial charge in [-0.3, -0.25) is 14.4 Å². The molecule has 1 aliphatic heterocycles. The van der Waals surface area contributed by atoms with Crippen LogP contribution in [0.4, 0.5) is 5.69 Å². The van der Waals surface area contributed by atoms with E-state index >= 15 is 0 Å². The van der Waals surface area contributed by atoms with Gasteiger partial charge >= 0.3 is 0 Å². The van der Waals surface area contributed by atoms with E-state index < -0.39 is 0 Å². The fourth-order valence-corrected chi connectivity index (χ4v) is 3.58. The molecule has 2 aromatic rings. The predicted octanol–water partition coefficient (Wildman–Crippen LogP) is 3.25. The molecule has 7 nitrogen and oxygen atoms in total. The number of benzene rings is 1. The van der Waals surface area contributed by atoms with Crippen LogP contribution in [0, 0.1) is 5.92 Å². The molecule has 3 amide bonds. The number of hydrogen-bond acceptors (Lipinski definition) is 4. The zero-order valence-electron chi connectivity index (χ0n) is 16.9. The van der Waals surface area contributed by atoms with Gasteiger partial charge in [-0.25, -0.2) is 0 Å². The topological polar surface area (TPSA) is 82.9 Å². The number of furan rings is 1. The van der Waals surface area contributed by atoms with Gasteiger partial charge in [-0.1, -0.05) is 0 Å². The van der Waals surface area contributed by atoms with Crippen LogP contribution in [0.2, 0.25) is 0 Å². The summed E-state index contributed by atoms with van der Waals surface area (Å²) in [5.74, 6) is -0.516. The highest BCUT2D eigenvalue weighted by Gasteiger charge is 2.29. The van der Waals surface area contributed by atoms with Gasteiger partial charge in [-0.2, -0.15) is 0 Å². The normalized spacial score (nSPS) is 16.3. The Balaban J connectivity index is 1.59. The molecule has 1 unspecified atom stereocenters. The molecule has 29 heavy (non-hydrogen) atoms. The van der Waals surface area contributed by atoms with E-state index in [0.29, 0.717) is 43.0 Å². The predicted molar refractivity (Wildman–Crippen MR) is 110 cm³/mol. The first-order valence-corrected chi connectivity index (χ1v) is 10.0. The van der Waals surface area contributed by atoms with Gasteiger partial charge in [0.1, 0.15) is 6.26 Å².